The first kappa shape index (κ1) is 16.7. The van der Waals surface area contributed by atoms with E-state index in [1.54, 1.807) is 0 Å². The van der Waals surface area contributed by atoms with Gasteiger partial charge < -0.3 is 15.1 Å². The van der Waals surface area contributed by atoms with Gasteiger partial charge in [0, 0.05) is 37.6 Å². The highest BCUT2D eigenvalue weighted by molar-refractivity contribution is 7.80. The van der Waals surface area contributed by atoms with E-state index >= 15 is 0 Å². The van der Waals surface area contributed by atoms with Crippen molar-refractivity contribution in [1.82, 2.24) is 4.90 Å². The molecule has 0 aliphatic carbocycles. The molecule has 1 saturated heterocycles. The van der Waals surface area contributed by atoms with Crippen LogP contribution in [0.4, 0.5) is 15.8 Å². The molecule has 0 bridgehead atoms. The highest BCUT2D eigenvalue weighted by atomic mass is 32.1. The molecule has 0 aromatic heterocycles. The van der Waals surface area contributed by atoms with Crippen LogP contribution in [0.5, 0.6) is 0 Å². The van der Waals surface area contributed by atoms with Crippen LogP contribution in [0.15, 0.2) is 42.5 Å². The Labute approximate surface area is 148 Å². The Balaban J connectivity index is 1.59. The van der Waals surface area contributed by atoms with E-state index in [9.17, 15) is 4.39 Å². The molecule has 5 heteroatoms. The summed E-state index contributed by atoms with van der Waals surface area (Å²) in [5.41, 5.74) is 4.61. The van der Waals surface area contributed by atoms with E-state index < -0.39 is 0 Å². The number of hydrogen-bond acceptors (Lipinski definition) is 2. The predicted octanol–water partition coefficient (Wildman–Crippen LogP) is 3.96. The van der Waals surface area contributed by atoms with Gasteiger partial charge in [-0.15, -0.1) is 0 Å². The van der Waals surface area contributed by atoms with Crippen molar-refractivity contribution in [3.8, 4) is 0 Å². The van der Waals surface area contributed by atoms with Crippen LogP contribution in [0.25, 0.3) is 0 Å². The number of halogens is 1. The lowest BCUT2D eigenvalue weighted by atomic mass is 10.1. The molecule has 126 valence electrons. The topological polar surface area (TPSA) is 18.5 Å². The minimum absolute atomic E-state index is 0.198. The highest BCUT2D eigenvalue weighted by Crippen LogP contribution is 2.20. The molecule has 0 saturated carbocycles. The zero-order valence-electron chi connectivity index (χ0n) is 14.1. The van der Waals surface area contributed by atoms with Gasteiger partial charge in [-0.25, -0.2) is 4.39 Å². The first-order chi connectivity index (χ1) is 11.5. The van der Waals surface area contributed by atoms with Gasteiger partial charge >= 0.3 is 0 Å². The summed E-state index contributed by atoms with van der Waals surface area (Å²) in [6.07, 6.45) is 0. The van der Waals surface area contributed by atoms with Crippen molar-refractivity contribution >= 4 is 28.7 Å². The predicted molar refractivity (Wildman–Crippen MR) is 102 cm³/mol. The average molecular weight is 343 g/mol. The first-order valence-corrected chi connectivity index (χ1v) is 8.58. The molecule has 0 unspecified atom stereocenters. The summed E-state index contributed by atoms with van der Waals surface area (Å²) in [5, 5.41) is 4.14. The molecule has 1 heterocycles. The van der Waals surface area contributed by atoms with Gasteiger partial charge in [0.15, 0.2) is 5.11 Å². The fourth-order valence-electron chi connectivity index (χ4n) is 2.90. The molecular formula is C19H22FN3S. The third-order valence-corrected chi connectivity index (χ3v) is 4.97. The lowest BCUT2D eigenvalue weighted by Crippen LogP contribution is -2.50. The van der Waals surface area contributed by atoms with Gasteiger partial charge in [-0.1, -0.05) is 12.1 Å². The highest BCUT2D eigenvalue weighted by Gasteiger charge is 2.19. The average Bonchev–Trinajstić information content (AvgIpc) is 2.60. The second-order valence-electron chi connectivity index (χ2n) is 6.13. The minimum Gasteiger partial charge on any atom is -0.368 e. The maximum atomic E-state index is 13.0. The normalized spacial score (nSPS) is 14.6. The van der Waals surface area contributed by atoms with Crippen molar-refractivity contribution in [3.05, 3.63) is 59.4 Å². The summed E-state index contributed by atoms with van der Waals surface area (Å²) >= 11 is 5.58. The maximum absolute atomic E-state index is 13.0. The van der Waals surface area contributed by atoms with Crippen molar-refractivity contribution in [2.45, 2.75) is 13.8 Å². The van der Waals surface area contributed by atoms with E-state index in [-0.39, 0.29) is 5.82 Å². The first-order valence-electron chi connectivity index (χ1n) is 8.17. The van der Waals surface area contributed by atoms with Crippen molar-refractivity contribution in [2.75, 3.05) is 36.4 Å². The molecule has 3 nitrogen and oxygen atoms in total. The number of thiocarbonyl (C=S) groups is 1. The Bertz CT molecular complexity index is 722. The number of rotatable bonds is 2. The summed E-state index contributed by atoms with van der Waals surface area (Å²) < 4.78 is 13.0. The van der Waals surface area contributed by atoms with E-state index in [0.717, 1.165) is 42.7 Å². The molecule has 0 amide bonds. The number of aryl methyl sites for hydroxylation is 1. The Morgan fingerprint density at radius 2 is 1.67 bits per heavy atom. The van der Waals surface area contributed by atoms with Crippen LogP contribution < -0.4 is 10.2 Å². The van der Waals surface area contributed by atoms with Crippen LogP contribution in [0, 0.1) is 19.7 Å². The summed E-state index contributed by atoms with van der Waals surface area (Å²) in [6, 6.07) is 12.9. The van der Waals surface area contributed by atoms with E-state index in [1.165, 1.54) is 23.3 Å². The zero-order valence-corrected chi connectivity index (χ0v) is 14.9. The largest absolute Gasteiger partial charge is 0.368 e. The van der Waals surface area contributed by atoms with Crippen LogP contribution >= 0.6 is 12.2 Å². The lowest BCUT2D eigenvalue weighted by molar-refractivity contribution is 0.391. The summed E-state index contributed by atoms with van der Waals surface area (Å²) in [6.45, 7) is 7.67. The van der Waals surface area contributed by atoms with Crippen molar-refractivity contribution in [2.24, 2.45) is 0 Å². The number of nitrogens with one attached hydrogen (secondary N) is 1. The van der Waals surface area contributed by atoms with Crippen molar-refractivity contribution < 1.29 is 4.39 Å². The fourth-order valence-corrected chi connectivity index (χ4v) is 3.19. The van der Waals surface area contributed by atoms with Crippen LogP contribution in [-0.4, -0.2) is 36.2 Å². The van der Waals surface area contributed by atoms with Crippen LogP contribution in [-0.2, 0) is 0 Å². The molecule has 3 rings (SSSR count). The number of hydrogen-bond donors (Lipinski definition) is 1. The Morgan fingerprint density at radius 3 is 2.33 bits per heavy atom. The molecule has 0 radical (unpaired) electrons. The molecule has 1 fully saturated rings. The third-order valence-electron chi connectivity index (χ3n) is 4.60. The molecule has 1 aliphatic heterocycles. The van der Waals surface area contributed by atoms with E-state index in [4.69, 9.17) is 12.2 Å². The quantitative estimate of drug-likeness (QED) is 0.832. The van der Waals surface area contributed by atoms with E-state index in [2.05, 4.69) is 41.1 Å². The van der Waals surface area contributed by atoms with Crippen LogP contribution in [0.2, 0.25) is 0 Å². The van der Waals surface area contributed by atoms with Crippen molar-refractivity contribution in [1.29, 1.82) is 0 Å². The van der Waals surface area contributed by atoms with Gasteiger partial charge in [0.2, 0.25) is 0 Å². The summed E-state index contributed by atoms with van der Waals surface area (Å²) in [4.78, 5) is 4.45. The van der Waals surface area contributed by atoms with Gasteiger partial charge in [0.05, 0.1) is 0 Å². The monoisotopic (exact) mass is 343 g/mol. The van der Waals surface area contributed by atoms with Crippen LogP contribution in [0.3, 0.4) is 0 Å². The standard InChI is InChI=1S/C19H22FN3S/c1-14-4-3-5-18(15(14)2)21-19(24)23-12-10-22(11-13-23)17-8-6-16(20)7-9-17/h3-9H,10-13H2,1-2H3,(H,21,24). The second kappa shape index (κ2) is 7.18. The molecule has 1 aliphatic rings. The molecule has 2 aromatic carbocycles. The number of nitrogens with zero attached hydrogens (tertiary/aromatic N) is 2. The lowest BCUT2D eigenvalue weighted by Gasteiger charge is -2.37. The number of anilines is 2. The van der Waals surface area contributed by atoms with Gasteiger partial charge in [-0.05, 0) is 67.5 Å². The number of piperazine rings is 1. The molecule has 1 N–H and O–H groups in total. The Kier molecular flexibility index (Phi) is 5.00. The minimum atomic E-state index is -0.198. The molecule has 0 atom stereocenters. The Morgan fingerprint density at radius 1 is 1.00 bits per heavy atom. The van der Waals surface area contributed by atoms with Gasteiger partial charge in [0.1, 0.15) is 5.82 Å². The van der Waals surface area contributed by atoms with E-state index in [0.29, 0.717) is 0 Å². The van der Waals surface area contributed by atoms with Crippen molar-refractivity contribution in [3.63, 3.8) is 0 Å². The third kappa shape index (κ3) is 3.67. The number of benzene rings is 2. The summed E-state index contributed by atoms with van der Waals surface area (Å²) in [7, 11) is 0. The SMILES string of the molecule is Cc1cccc(NC(=S)N2CCN(c3ccc(F)cc3)CC2)c1C. The van der Waals surface area contributed by atoms with E-state index in [1.807, 2.05) is 18.2 Å². The second-order valence-corrected chi connectivity index (χ2v) is 6.51. The summed E-state index contributed by atoms with van der Waals surface area (Å²) in [5.74, 6) is -0.198. The fraction of sp³-hybridized carbons (Fsp3) is 0.316. The van der Waals surface area contributed by atoms with Gasteiger partial charge in [0.25, 0.3) is 0 Å². The van der Waals surface area contributed by atoms with Gasteiger partial charge in [-0.3, -0.25) is 0 Å². The smallest absolute Gasteiger partial charge is 0.173 e. The molecule has 0 spiro atoms. The van der Waals surface area contributed by atoms with Crippen LogP contribution in [0.1, 0.15) is 11.1 Å². The molecule has 2 aromatic rings. The zero-order chi connectivity index (χ0) is 17.1. The Hall–Kier alpha value is -2.14. The molecular weight excluding hydrogens is 321 g/mol. The van der Waals surface area contributed by atoms with Gasteiger partial charge in [-0.2, -0.15) is 0 Å². The molecule has 24 heavy (non-hydrogen) atoms. The maximum Gasteiger partial charge on any atom is 0.173 e.